The lowest BCUT2D eigenvalue weighted by Crippen LogP contribution is -2.79. The van der Waals surface area contributed by atoms with Crippen molar-refractivity contribution in [2.24, 2.45) is 57.2 Å². The smallest absolute Gasteiger partial charge is 0.339 e. The Morgan fingerprint density at radius 2 is 1.90 bits per heavy atom. The number of ether oxygens (including phenoxy) is 4. The van der Waals surface area contributed by atoms with Crippen molar-refractivity contribution in [3.63, 3.8) is 0 Å². The van der Waals surface area contributed by atoms with Crippen LogP contribution in [-0.2, 0) is 39.8 Å². The molecule has 4 N–H and O–H groups in total. The number of aliphatic hydroxyl groups is 3. The quantitative estimate of drug-likeness (QED) is 0.159. The number of nitrogens with zero attached hydrogens (tertiary/aromatic N) is 1. The van der Waals surface area contributed by atoms with Gasteiger partial charge < -0.3 is 43.6 Å². The molecule has 8 fully saturated rings. The van der Waals surface area contributed by atoms with E-state index in [1.165, 1.54) is 0 Å². The molecule has 6 aliphatic heterocycles. The van der Waals surface area contributed by atoms with E-state index in [9.17, 15) is 24.9 Å². The maximum absolute atomic E-state index is 15.6. The minimum atomic E-state index is -1.48. The molecule has 5 aliphatic carbocycles. The number of hydrogen-bond acceptors (Lipinski definition) is 13. The second kappa shape index (κ2) is 13.2. The summed E-state index contributed by atoms with van der Waals surface area (Å²) in [5, 5.41) is 38.3. The van der Waals surface area contributed by atoms with Crippen LogP contribution in [0.4, 0.5) is 0 Å². The van der Waals surface area contributed by atoms with Crippen LogP contribution in [0.5, 0.6) is 0 Å². The van der Waals surface area contributed by atoms with E-state index >= 15 is 4.79 Å². The van der Waals surface area contributed by atoms with Crippen molar-refractivity contribution in [1.82, 2.24) is 10.2 Å². The average Bonchev–Trinajstić information content (AvgIpc) is 3.54. The summed E-state index contributed by atoms with van der Waals surface area (Å²) in [5.41, 5.74) is -5.99. The van der Waals surface area contributed by atoms with E-state index in [-0.39, 0.29) is 49.1 Å². The Hall–Kier alpha value is -3.07. The van der Waals surface area contributed by atoms with Crippen LogP contribution < -0.4 is 5.32 Å². The molecule has 17 unspecified atom stereocenters. The van der Waals surface area contributed by atoms with Crippen LogP contribution in [0.15, 0.2) is 41.2 Å². The van der Waals surface area contributed by atoms with Crippen LogP contribution in [0.1, 0.15) is 103 Å². The maximum atomic E-state index is 15.6. The number of nitrogens with one attached hydrogen (secondary N) is 1. The number of carbonyl (C=O) groups excluding carboxylic acids is 3. The number of furan rings is 1. The van der Waals surface area contributed by atoms with Crippen LogP contribution in [0.3, 0.4) is 0 Å². The number of hydrogen-bond donors (Lipinski definition) is 4. The van der Waals surface area contributed by atoms with E-state index in [4.69, 9.17) is 23.4 Å². The SMILES string of the molecule is CC(C)CCC1(C)OC2CC(=O)OCC23C2CCC4(C)C(c5ccoc5CC(C(O)CO)C5CCC6C(C=CN7CNCC67)C5)OC(=O)C5OC54C24CC=CC13C(=O)C4O. The number of esters is 2. The summed E-state index contributed by atoms with van der Waals surface area (Å²) in [4.78, 5) is 45.4. The number of ketones is 1. The molecule has 60 heavy (non-hydrogen) atoms. The van der Waals surface area contributed by atoms with Crippen LogP contribution >= 0.6 is 0 Å². The highest BCUT2D eigenvalue weighted by Crippen LogP contribution is 2.84. The third kappa shape index (κ3) is 4.67. The molecular formula is C47H62N2O11. The number of cyclic esters (lactones) is 2. The second-order valence-corrected chi connectivity index (χ2v) is 21.3. The first kappa shape index (κ1) is 39.8. The predicted octanol–water partition coefficient (Wildman–Crippen LogP) is 4.14. The van der Waals surface area contributed by atoms with Gasteiger partial charge >= 0.3 is 11.9 Å². The molecule has 17 atom stereocenters. The summed E-state index contributed by atoms with van der Waals surface area (Å²) >= 11 is 0. The summed E-state index contributed by atoms with van der Waals surface area (Å²) < 4.78 is 32.6. The van der Waals surface area contributed by atoms with Crippen molar-refractivity contribution in [2.45, 2.75) is 140 Å². The molecule has 0 amide bonds. The van der Waals surface area contributed by atoms with Gasteiger partial charge in [-0.25, -0.2) is 4.79 Å². The molecule has 5 saturated heterocycles. The molecule has 4 spiro atoms. The summed E-state index contributed by atoms with van der Waals surface area (Å²) in [5.74, 6) is 0.0568. The zero-order valence-corrected chi connectivity index (χ0v) is 35.3. The lowest BCUT2D eigenvalue weighted by molar-refractivity contribution is -0.262. The van der Waals surface area contributed by atoms with Crippen molar-refractivity contribution in [1.29, 1.82) is 0 Å². The first-order valence-corrected chi connectivity index (χ1v) is 22.8. The fraction of sp³-hybridized carbons (Fsp3) is 0.766. The molecule has 11 aliphatic rings. The van der Waals surface area contributed by atoms with Gasteiger partial charge in [0.25, 0.3) is 0 Å². The Bertz CT molecular complexity index is 2030. The number of allylic oxidation sites excluding steroid dienone is 2. The molecule has 12 rings (SSSR count). The van der Waals surface area contributed by atoms with Gasteiger partial charge in [0.1, 0.15) is 30.2 Å². The molecule has 2 bridgehead atoms. The highest BCUT2D eigenvalue weighted by atomic mass is 16.7. The Kier molecular flexibility index (Phi) is 8.77. The molecule has 13 nitrogen and oxygen atoms in total. The number of fused-ring (bicyclic) bond motifs is 5. The molecule has 326 valence electrons. The van der Waals surface area contributed by atoms with Crippen LogP contribution in [0.2, 0.25) is 0 Å². The van der Waals surface area contributed by atoms with Crippen molar-refractivity contribution in [2.75, 3.05) is 26.4 Å². The summed E-state index contributed by atoms with van der Waals surface area (Å²) in [6.45, 7) is 9.80. The Balaban J connectivity index is 0.964. The third-order valence-corrected chi connectivity index (χ3v) is 18.8. The van der Waals surface area contributed by atoms with Crippen LogP contribution in [-0.4, -0.2) is 106 Å². The van der Waals surface area contributed by atoms with E-state index < -0.39 is 69.4 Å². The molecule has 1 aromatic heterocycles. The third-order valence-electron chi connectivity index (χ3n) is 18.8. The monoisotopic (exact) mass is 830 g/mol. The average molecular weight is 831 g/mol. The fourth-order valence-corrected chi connectivity index (χ4v) is 16.1. The molecule has 13 heteroatoms. The Labute approximate surface area is 351 Å². The lowest BCUT2D eigenvalue weighted by Gasteiger charge is -2.69. The van der Waals surface area contributed by atoms with Gasteiger partial charge in [0.15, 0.2) is 11.9 Å². The molecule has 1 aromatic rings. The van der Waals surface area contributed by atoms with E-state index in [2.05, 4.69) is 43.3 Å². The van der Waals surface area contributed by atoms with Crippen molar-refractivity contribution in [3.8, 4) is 0 Å². The molecule has 0 radical (unpaired) electrons. The van der Waals surface area contributed by atoms with Gasteiger partial charge in [-0.15, -0.1) is 0 Å². The van der Waals surface area contributed by atoms with Crippen molar-refractivity contribution in [3.05, 3.63) is 48.1 Å². The zero-order valence-electron chi connectivity index (χ0n) is 35.3. The summed E-state index contributed by atoms with van der Waals surface area (Å²) in [7, 11) is 0. The topological polar surface area (TPSA) is 181 Å². The van der Waals surface area contributed by atoms with Gasteiger partial charge in [0.05, 0.1) is 54.6 Å². The largest absolute Gasteiger partial charge is 0.469 e. The Morgan fingerprint density at radius 1 is 1.07 bits per heavy atom. The number of epoxide rings is 1. The second-order valence-electron chi connectivity index (χ2n) is 21.3. The van der Waals surface area contributed by atoms with E-state index in [1.807, 2.05) is 25.1 Å². The minimum absolute atomic E-state index is 0.0101. The van der Waals surface area contributed by atoms with Gasteiger partial charge in [-0.1, -0.05) is 39.0 Å². The van der Waals surface area contributed by atoms with E-state index in [0.29, 0.717) is 67.2 Å². The number of rotatable bonds is 9. The van der Waals surface area contributed by atoms with Gasteiger partial charge in [-0.3, -0.25) is 14.9 Å². The van der Waals surface area contributed by atoms with Gasteiger partial charge in [-0.05, 0) is 106 Å². The van der Waals surface area contributed by atoms with Gasteiger partial charge in [0.2, 0.25) is 0 Å². The van der Waals surface area contributed by atoms with Crippen LogP contribution in [0.25, 0.3) is 0 Å². The van der Waals surface area contributed by atoms with Crippen molar-refractivity contribution < 1.29 is 53.1 Å². The standard InChI is InChI=1S/C47H62N2O11/c1-25(2)8-15-43(4)46-13-5-12-44(37(53)38(46)54)34(45(46)23-57-36(52)20-35(45)59-43)9-14-42(3)39(58-41(55)40-47(42,44)60-40)29-11-17-56-33(29)19-30(32(51)22-50)26-6-7-28-27(18-26)10-16-49-24-48-21-31(28)49/h5,10-11,13,16-17,25-28,30-32,34-35,37,39-40,48,50-51,53H,6-9,12,14-15,18-24H2,1-4H3. The number of aliphatic hydroxyl groups excluding tert-OH is 3. The Morgan fingerprint density at radius 3 is 2.70 bits per heavy atom. The van der Waals surface area contributed by atoms with Gasteiger partial charge in [-0.2, -0.15) is 0 Å². The van der Waals surface area contributed by atoms with Crippen LogP contribution in [0, 0.1) is 57.2 Å². The molecule has 7 heterocycles. The molecule has 0 aromatic carbocycles. The zero-order chi connectivity index (χ0) is 41.8. The normalized spacial score (nSPS) is 49.1. The van der Waals surface area contributed by atoms with E-state index in [1.54, 1.807) is 6.26 Å². The molecule has 3 saturated carbocycles. The predicted molar refractivity (Wildman–Crippen MR) is 213 cm³/mol. The highest BCUT2D eigenvalue weighted by Gasteiger charge is 2.94. The van der Waals surface area contributed by atoms with Crippen molar-refractivity contribution >= 4 is 17.7 Å². The lowest BCUT2D eigenvalue weighted by atomic mass is 9.33. The summed E-state index contributed by atoms with van der Waals surface area (Å²) in [6.07, 6.45) is 11.2. The number of Topliss-reactive ketones (excluding diaryl/α,β-unsaturated/α-hetero) is 1. The molecular weight excluding hydrogens is 769 g/mol. The van der Waals surface area contributed by atoms with Gasteiger partial charge in [0, 0.05) is 35.4 Å². The minimum Gasteiger partial charge on any atom is -0.469 e. The van der Waals surface area contributed by atoms with E-state index in [0.717, 1.165) is 38.9 Å². The first-order valence-electron chi connectivity index (χ1n) is 22.8. The maximum Gasteiger partial charge on any atom is 0.339 e. The highest BCUT2D eigenvalue weighted by molar-refractivity contribution is 5.97. The number of carbonyl (C=O) groups is 3. The fourth-order valence-electron chi connectivity index (χ4n) is 16.1. The summed E-state index contributed by atoms with van der Waals surface area (Å²) in [6, 6.07) is 2.33. The first-order chi connectivity index (χ1) is 28.7.